The van der Waals surface area contributed by atoms with Crippen molar-refractivity contribution in [2.24, 2.45) is 0 Å². The van der Waals surface area contributed by atoms with Gasteiger partial charge in [0.15, 0.2) is 5.82 Å². The molecule has 0 aliphatic carbocycles. The van der Waals surface area contributed by atoms with Gasteiger partial charge in [-0.3, -0.25) is 9.78 Å². The van der Waals surface area contributed by atoms with E-state index in [4.69, 9.17) is 4.52 Å². The second-order valence-electron chi connectivity index (χ2n) is 5.72. The number of aryl methyl sites for hydroxylation is 2. The van der Waals surface area contributed by atoms with Crippen LogP contribution in [0.2, 0.25) is 0 Å². The molecule has 2 aromatic rings. The first kappa shape index (κ1) is 14.7. The van der Waals surface area contributed by atoms with Crippen molar-refractivity contribution >= 4 is 5.91 Å². The van der Waals surface area contributed by atoms with Gasteiger partial charge in [0, 0.05) is 30.9 Å². The molecule has 3 rings (SSSR count). The molecule has 0 radical (unpaired) electrons. The highest BCUT2D eigenvalue weighted by atomic mass is 16.5. The lowest BCUT2D eigenvalue weighted by molar-refractivity contribution is 0.0670. The number of rotatable bonds is 2. The van der Waals surface area contributed by atoms with Crippen molar-refractivity contribution in [3.8, 4) is 0 Å². The third kappa shape index (κ3) is 3.00. The van der Waals surface area contributed by atoms with Gasteiger partial charge in [0.1, 0.15) is 0 Å². The van der Waals surface area contributed by atoms with E-state index in [-0.39, 0.29) is 11.9 Å². The molecule has 22 heavy (non-hydrogen) atoms. The second-order valence-corrected chi connectivity index (χ2v) is 5.72. The lowest BCUT2D eigenvalue weighted by Crippen LogP contribution is -2.35. The van der Waals surface area contributed by atoms with Crippen LogP contribution in [0.4, 0.5) is 0 Å². The minimum Gasteiger partial charge on any atom is -0.340 e. The highest BCUT2D eigenvalue weighted by Gasteiger charge is 2.30. The van der Waals surface area contributed by atoms with Gasteiger partial charge in [0.2, 0.25) is 5.89 Å². The second kappa shape index (κ2) is 6.25. The van der Waals surface area contributed by atoms with Gasteiger partial charge in [-0.15, -0.1) is 0 Å². The summed E-state index contributed by atoms with van der Waals surface area (Å²) in [5, 5.41) is 4.03. The number of amides is 1. The van der Waals surface area contributed by atoms with E-state index in [1.807, 2.05) is 17.9 Å². The predicted molar refractivity (Wildman–Crippen MR) is 80.3 cm³/mol. The molecular weight excluding hydrogens is 280 g/mol. The Labute approximate surface area is 129 Å². The van der Waals surface area contributed by atoms with E-state index in [1.54, 1.807) is 19.2 Å². The normalized spacial score (nSPS) is 19.0. The molecule has 116 valence electrons. The van der Waals surface area contributed by atoms with Gasteiger partial charge in [0.05, 0.1) is 6.04 Å². The lowest BCUT2D eigenvalue weighted by atomic mass is 10.1. The Morgan fingerprint density at radius 2 is 2.18 bits per heavy atom. The minimum atomic E-state index is -0.110. The molecule has 0 aromatic carbocycles. The van der Waals surface area contributed by atoms with Crippen LogP contribution in [0.3, 0.4) is 0 Å². The summed E-state index contributed by atoms with van der Waals surface area (Å²) in [5.74, 6) is 1.16. The minimum absolute atomic E-state index is 0.0138. The van der Waals surface area contributed by atoms with E-state index in [2.05, 4.69) is 15.1 Å². The quantitative estimate of drug-likeness (QED) is 0.852. The summed E-state index contributed by atoms with van der Waals surface area (Å²) in [5.41, 5.74) is 1.51. The summed E-state index contributed by atoms with van der Waals surface area (Å²) >= 11 is 0. The van der Waals surface area contributed by atoms with Gasteiger partial charge >= 0.3 is 0 Å². The van der Waals surface area contributed by atoms with E-state index in [1.165, 1.54) is 0 Å². The number of carbonyl (C=O) groups is 1. The van der Waals surface area contributed by atoms with Crippen molar-refractivity contribution in [3.05, 3.63) is 41.3 Å². The Kier molecular flexibility index (Phi) is 4.18. The molecule has 1 aliphatic heterocycles. The predicted octanol–water partition coefficient (Wildman–Crippen LogP) is 2.84. The number of carbonyl (C=O) groups excluding carboxylic acids is 1. The van der Waals surface area contributed by atoms with E-state index < -0.39 is 0 Å². The Morgan fingerprint density at radius 1 is 1.32 bits per heavy atom. The maximum absolute atomic E-state index is 12.9. The summed E-state index contributed by atoms with van der Waals surface area (Å²) in [6, 6.07) is 3.48. The van der Waals surface area contributed by atoms with Crippen molar-refractivity contribution in [2.45, 2.75) is 45.6 Å². The molecule has 1 atom stereocenters. The van der Waals surface area contributed by atoms with Crippen LogP contribution in [-0.4, -0.2) is 32.5 Å². The fourth-order valence-electron chi connectivity index (χ4n) is 2.91. The SMILES string of the molecule is Cc1cc(C(=O)N2CCCCCC2c2noc(C)n2)ccn1. The average molecular weight is 300 g/mol. The van der Waals surface area contributed by atoms with E-state index >= 15 is 0 Å². The molecule has 1 unspecified atom stereocenters. The highest BCUT2D eigenvalue weighted by Crippen LogP contribution is 2.29. The molecule has 0 spiro atoms. The largest absolute Gasteiger partial charge is 0.340 e. The summed E-state index contributed by atoms with van der Waals surface area (Å²) < 4.78 is 5.10. The van der Waals surface area contributed by atoms with Gasteiger partial charge in [-0.1, -0.05) is 18.0 Å². The maximum atomic E-state index is 12.9. The van der Waals surface area contributed by atoms with Crippen LogP contribution in [-0.2, 0) is 0 Å². The summed E-state index contributed by atoms with van der Waals surface area (Å²) in [6.45, 7) is 4.38. The van der Waals surface area contributed by atoms with Crippen LogP contribution in [0, 0.1) is 13.8 Å². The first-order valence-electron chi connectivity index (χ1n) is 7.69. The number of hydrogen-bond acceptors (Lipinski definition) is 5. The summed E-state index contributed by atoms with van der Waals surface area (Å²) in [6.07, 6.45) is 5.73. The van der Waals surface area contributed by atoms with E-state index in [0.717, 1.165) is 37.9 Å². The molecular formula is C16H20N4O2. The van der Waals surface area contributed by atoms with Crippen LogP contribution in [0.25, 0.3) is 0 Å². The van der Waals surface area contributed by atoms with Crippen molar-refractivity contribution in [1.82, 2.24) is 20.0 Å². The number of nitrogens with zero attached hydrogens (tertiary/aromatic N) is 4. The number of likely N-dealkylation sites (tertiary alicyclic amines) is 1. The van der Waals surface area contributed by atoms with Crippen LogP contribution >= 0.6 is 0 Å². The molecule has 0 saturated carbocycles. The molecule has 1 amide bonds. The third-order valence-electron chi connectivity index (χ3n) is 4.00. The van der Waals surface area contributed by atoms with Crippen LogP contribution in [0.1, 0.15) is 59.5 Å². The number of pyridine rings is 1. The lowest BCUT2D eigenvalue weighted by Gasteiger charge is -2.28. The number of hydrogen-bond donors (Lipinski definition) is 0. The Hall–Kier alpha value is -2.24. The fourth-order valence-corrected chi connectivity index (χ4v) is 2.91. The molecule has 1 saturated heterocycles. The zero-order chi connectivity index (χ0) is 15.5. The smallest absolute Gasteiger partial charge is 0.254 e. The maximum Gasteiger partial charge on any atom is 0.254 e. The summed E-state index contributed by atoms with van der Waals surface area (Å²) in [7, 11) is 0. The van der Waals surface area contributed by atoms with Gasteiger partial charge in [-0.05, 0) is 31.9 Å². The topological polar surface area (TPSA) is 72.1 Å². The first-order chi connectivity index (χ1) is 10.6. The molecule has 2 aromatic heterocycles. The monoisotopic (exact) mass is 300 g/mol. The Balaban J connectivity index is 1.91. The fraction of sp³-hybridized carbons (Fsp3) is 0.500. The van der Waals surface area contributed by atoms with E-state index in [9.17, 15) is 4.79 Å². The summed E-state index contributed by atoms with van der Waals surface area (Å²) in [4.78, 5) is 23.3. The van der Waals surface area contributed by atoms with Gasteiger partial charge in [0.25, 0.3) is 5.91 Å². The molecule has 1 fully saturated rings. The Bertz CT molecular complexity index is 668. The van der Waals surface area contributed by atoms with Crippen molar-refractivity contribution in [3.63, 3.8) is 0 Å². The molecule has 3 heterocycles. The first-order valence-corrected chi connectivity index (χ1v) is 7.69. The van der Waals surface area contributed by atoms with Crippen LogP contribution in [0.15, 0.2) is 22.9 Å². The molecule has 6 heteroatoms. The standard InChI is InChI=1S/C16H20N4O2/c1-11-10-13(7-8-17-11)16(21)20-9-5-3-4-6-14(20)15-18-12(2)22-19-15/h7-8,10,14H,3-6,9H2,1-2H3. The zero-order valence-electron chi connectivity index (χ0n) is 13.0. The zero-order valence-corrected chi connectivity index (χ0v) is 13.0. The molecule has 0 bridgehead atoms. The average Bonchev–Trinajstić information content (AvgIpc) is 2.80. The van der Waals surface area contributed by atoms with Crippen molar-refractivity contribution < 1.29 is 9.32 Å². The van der Waals surface area contributed by atoms with Crippen LogP contribution in [0.5, 0.6) is 0 Å². The van der Waals surface area contributed by atoms with E-state index in [0.29, 0.717) is 17.3 Å². The Morgan fingerprint density at radius 3 is 2.91 bits per heavy atom. The van der Waals surface area contributed by atoms with Gasteiger partial charge < -0.3 is 9.42 Å². The van der Waals surface area contributed by atoms with Gasteiger partial charge in [-0.25, -0.2) is 0 Å². The third-order valence-corrected chi connectivity index (χ3v) is 4.00. The van der Waals surface area contributed by atoms with Gasteiger partial charge in [-0.2, -0.15) is 4.98 Å². The highest BCUT2D eigenvalue weighted by molar-refractivity contribution is 5.94. The number of aromatic nitrogens is 3. The molecule has 1 aliphatic rings. The van der Waals surface area contributed by atoms with Crippen molar-refractivity contribution in [2.75, 3.05) is 6.54 Å². The van der Waals surface area contributed by atoms with Crippen molar-refractivity contribution in [1.29, 1.82) is 0 Å². The van der Waals surface area contributed by atoms with Crippen LogP contribution < -0.4 is 0 Å². The molecule has 6 nitrogen and oxygen atoms in total. The molecule has 0 N–H and O–H groups in total.